The van der Waals surface area contributed by atoms with Crippen LogP contribution in [-0.2, 0) is 4.79 Å². The molecule has 0 bridgehead atoms. The molecule has 2 N–H and O–H groups in total. The van der Waals surface area contributed by atoms with Crippen LogP contribution in [0.15, 0.2) is 53.7 Å². The van der Waals surface area contributed by atoms with E-state index in [1.807, 2.05) is 43.5 Å². The number of thioether (sulfide) groups is 1. The van der Waals surface area contributed by atoms with Gasteiger partial charge >= 0.3 is 5.97 Å². The number of rotatable bonds is 10. The van der Waals surface area contributed by atoms with Crippen molar-refractivity contribution in [3.8, 4) is 11.5 Å². The lowest BCUT2D eigenvalue weighted by atomic mass is 10.2. The number of aromatic nitrogens is 3. The van der Waals surface area contributed by atoms with Gasteiger partial charge in [0.15, 0.2) is 17.1 Å². The van der Waals surface area contributed by atoms with E-state index in [1.165, 1.54) is 23.9 Å². The summed E-state index contributed by atoms with van der Waals surface area (Å²) in [7, 11) is 1.60. The lowest BCUT2D eigenvalue weighted by molar-refractivity contribution is -0.115. The Hall–Kier alpha value is -3.53. The Morgan fingerprint density at radius 1 is 1.03 bits per heavy atom. The van der Waals surface area contributed by atoms with Crippen LogP contribution in [0.2, 0.25) is 0 Å². The molecule has 0 aliphatic heterocycles. The third-order valence-corrected chi connectivity index (χ3v) is 6.01. The minimum Gasteiger partial charge on any atom is -0.497 e. The van der Waals surface area contributed by atoms with E-state index in [0.29, 0.717) is 28.2 Å². The SMILES string of the molecule is COc1cccc(OC(C)c2nnc(SC(C)C(=O)Nc3cccc(C(=O)O)c3)n2C(C)C)c1. The molecule has 2 aromatic carbocycles. The smallest absolute Gasteiger partial charge is 0.335 e. The van der Waals surface area contributed by atoms with E-state index in [-0.39, 0.29) is 23.6 Å². The molecule has 1 heterocycles. The molecule has 2 atom stereocenters. The van der Waals surface area contributed by atoms with Gasteiger partial charge in [0.2, 0.25) is 5.91 Å². The number of methoxy groups -OCH3 is 1. The predicted molar refractivity (Wildman–Crippen MR) is 130 cm³/mol. The zero-order valence-corrected chi connectivity index (χ0v) is 20.5. The first-order chi connectivity index (χ1) is 16.2. The quantitative estimate of drug-likeness (QED) is 0.393. The molecule has 180 valence electrons. The molecule has 10 heteroatoms. The van der Waals surface area contributed by atoms with Crippen LogP contribution in [0.4, 0.5) is 5.69 Å². The third kappa shape index (κ3) is 6.07. The molecule has 3 rings (SSSR count). The summed E-state index contributed by atoms with van der Waals surface area (Å²) in [5.74, 6) is 0.659. The highest BCUT2D eigenvalue weighted by Crippen LogP contribution is 2.31. The van der Waals surface area contributed by atoms with Crippen molar-refractivity contribution in [2.45, 2.75) is 50.2 Å². The normalized spacial score (nSPS) is 12.8. The van der Waals surface area contributed by atoms with Crippen molar-refractivity contribution < 1.29 is 24.2 Å². The summed E-state index contributed by atoms with van der Waals surface area (Å²) in [5.41, 5.74) is 0.524. The van der Waals surface area contributed by atoms with Gasteiger partial charge in [0.25, 0.3) is 0 Å². The number of carbonyl (C=O) groups excluding carboxylic acids is 1. The fraction of sp³-hybridized carbons (Fsp3) is 0.333. The number of hydrogen-bond acceptors (Lipinski definition) is 7. The lowest BCUT2D eigenvalue weighted by Gasteiger charge is -2.20. The fourth-order valence-electron chi connectivity index (χ4n) is 3.25. The number of aromatic carboxylic acids is 1. The molecular formula is C24H28N4O5S. The van der Waals surface area contributed by atoms with E-state index in [1.54, 1.807) is 32.2 Å². The third-order valence-electron chi connectivity index (χ3n) is 4.95. The number of carbonyl (C=O) groups is 2. The van der Waals surface area contributed by atoms with Crippen LogP contribution in [0.25, 0.3) is 0 Å². The second-order valence-corrected chi connectivity index (χ2v) is 9.19. The molecular weight excluding hydrogens is 456 g/mol. The van der Waals surface area contributed by atoms with Gasteiger partial charge in [-0.2, -0.15) is 0 Å². The van der Waals surface area contributed by atoms with Crippen LogP contribution in [0.1, 0.15) is 56.0 Å². The van der Waals surface area contributed by atoms with Crippen molar-refractivity contribution in [2.75, 3.05) is 12.4 Å². The number of nitrogens with one attached hydrogen (secondary N) is 1. The summed E-state index contributed by atoms with van der Waals surface area (Å²) in [6.07, 6.45) is -0.390. The van der Waals surface area contributed by atoms with E-state index < -0.39 is 11.2 Å². The van der Waals surface area contributed by atoms with Gasteiger partial charge in [0.1, 0.15) is 11.5 Å². The van der Waals surface area contributed by atoms with Gasteiger partial charge < -0.3 is 24.5 Å². The monoisotopic (exact) mass is 484 g/mol. The maximum Gasteiger partial charge on any atom is 0.335 e. The molecule has 9 nitrogen and oxygen atoms in total. The molecule has 2 unspecified atom stereocenters. The number of anilines is 1. The highest BCUT2D eigenvalue weighted by atomic mass is 32.2. The van der Waals surface area contributed by atoms with E-state index in [0.717, 1.165) is 0 Å². The van der Waals surface area contributed by atoms with Gasteiger partial charge in [-0.1, -0.05) is 23.9 Å². The van der Waals surface area contributed by atoms with Crippen molar-refractivity contribution in [2.24, 2.45) is 0 Å². The Morgan fingerprint density at radius 3 is 2.41 bits per heavy atom. The summed E-state index contributed by atoms with van der Waals surface area (Å²) in [4.78, 5) is 23.9. The Labute approximate surface area is 202 Å². The maximum atomic E-state index is 12.7. The zero-order chi connectivity index (χ0) is 24.8. The van der Waals surface area contributed by atoms with Crippen LogP contribution < -0.4 is 14.8 Å². The minimum absolute atomic E-state index is 0.0337. The van der Waals surface area contributed by atoms with Crippen molar-refractivity contribution >= 4 is 29.3 Å². The summed E-state index contributed by atoms with van der Waals surface area (Å²) < 4.78 is 13.3. The first kappa shape index (κ1) is 25.1. The van der Waals surface area contributed by atoms with E-state index in [9.17, 15) is 9.59 Å². The molecule has 0 spiro atoms. The van der Waals surface area contributed by atoms with Gasteiger partial charge in [0, 0.05) is 17.8 Å². The number of benzene rings is 2. The van der Waals surface area contributed by atoms with E-state index >= 15 is 0 Å². The van der Waals surface area contributed by atoms with Gasteiger partial charge in [0.05, 0.1) is 17.9 Å². The molecule has 1 aromatic heterocycles. The van der Waals surface area contributed by atoms with Gasteiger partial charge in [-0.15, -0.1) is 10.2 Å². The molecule has 0 aliphatic carbocycles. The number of nitrogens with zero attached hydrogens (tertiary/aromatic N) is 3. The summed E-state index contributed by atoms with van der Waals surface area (Å²) >= 11 is 1.27. The van der Waals surface area contributed by atoms with Crippen LogP contribution in [0.5, 0.6) is 11.5 Å². The number of carboxylic acid groups (broad SMARTS) is 1. The van der Waals surface area contributed by atoms with Gasteiger partial charge in [-0.05, 0) is 58.0 Å². The standard InChI is InChI=1S/C24H28N4O5S/c1-14(2)28-21(15(3)33-20-11-7-10-19(13-20)32-5)26-27-24(28)34-16(4)22(29)25-18-9-6-8-17(12-18)23(30)31/h6-16H,1-5H3,(H,25,29)(H,30,31). The molecule has 0 fully saturated rings. The summed E-state index contributed by atoms with van der Waals surface area (Å²) in [6, 6.07) is 13.5. The predicted octanol–water partition coefficient (Wildman–Crippen LogP) is 4.83. The summed E-state index contributed by atoms with van der Waals surface area (Å²) in [5, 5.41) is 20.7. The second-order valence-electron chi connectivity index (χ2n) is 7.88. The zero-order valence-electron chi connectivity index (χ0n) is 19.7. The van der Waals surface area contributed by atoms with Gasteiger partial charge in [-0.25, -0.2) is 4.79 Å². The van der Waals surface area contributed by atoms with Crippen LogP contribution in [0.3, 0.4) is 0 Å². The first-order valence-corrected chi connectivity index (χ1v) is 11.6. The Morgan fingerprint density at radius 2 is 1.74 bits per heavy atom. The molecule has 1 amide bonds. The lowest BCUT2D eigenvalue weighted by Crippen LogP contribution is -2.23. The largest absolute Gasteiger partial charge is 0.497 e. The second kappa shape index (κ2) is 11.1. The molecule has 0 saturated carbocycles. The van der Waals surface area contributed by atoms with Crippen LogP contribution in [-0.4, -0.2) is 44.1 Å². The van der Waals surface area contributed by atoms with Crippen molar-refractivity contribution in [1.82, 2.24) is 14.8 Å². The summed E-state index contributed by atoms with van der Waals surface area (Å²) in [6.45, 7) is 7.67. The number of carboxylic acids is 1. The van der Waals surface area contributed by atoms with E-state index in [2.05, 4.69) is 15.5 Å². The first-order valence-electron chi connectivity index (χ1n) is 10.8. The molecule has 0 saturated heterocycles. The van der Waals surface area contributed by atoms with E-state index in [4.69, 9.17) is 14.6 Å². The molecule has 34 heavy (non-hydrogen) atoms. The number of amides is 1. The molecule has 3 aromatic rings. The highest BCUT2D eigenvalue weighted by Gasteiger charge is 2.25. The van der Waals surface area contributed by atoms with Gasteiger partial charge in [-0.3, -0.25) is 4.79 Å². The minimum atomic E-state index is -1.05. The average Bonchev–Trinajstić information content (AvgIpc) is 3.23. The van der Waals surface area contributed by atoms with Crippen LogP contribution >= 0.6 is 11.8 Å². The topological polar surface area (TPSA) is 116 Å². The maximum absolute atomic E-state index is 12.7. The fourth-order valence-corrected chi connectivity index (χ4v) is 4.24. The van der Waals surface area contributed by atoms with Crippen molar-refractivity contribution in [3.05, 3.63) is 59.9 Å². The number of hydrogen-bond donors (Lipinski definition) is 2. The Balaban J connectivity index is 1.73. The van der Waals surface area contributed by atoms with Crippen molar-refractivity contribution in [1.29, 1.82) is 0 Å². The Kier molecular flexibility index (Phi) is 8.17. The Bertz CT molecular complexity index is 1160. The molecule has 0 aliphatic rings. The highest BCUT2D eigenvalue weighted by molar-refractivity contribution is 8.00. The van der Waals surface area contributed by atoms with Crippen LogP contribution in [0, 0.1) is 0 Å². The average molecular weight is 485 g/mol. The molecule has 0 radical (unpaired) electrons. The van der Waals surface area contributed by atoms with Crippen molar-refractivity contribution in [3.63, 3.8) is 0 Å². The number of ether oxygens (including phenoxy) is 2.